The number of ether oxygens (including phenoxy) is 1. The number of hydrogen-bond acceptors (Lipinski definition) is 2. The topological polar surface area (TPSA) is 12.5 Å². The zero-order chi connectivity index (χ0) is 13.5. The van der Waals surface area contributed by atoms with Crippen molar-refractivity contribution in [2.45, 2.75) is 70.9 Å². The van der Waals surface area contributed by atoms with E-state index < -0.39 is 0 Å². The third-order valence-corrected chi connectivity index (χ3v) is 4.48. The maximum atomic E-state index is 5.77. The molecule has 0 aromatic carbocycles. The van der Waals surface area contributed by atoms with E-state index in [0.717, 1.165) is 6.61 Å². The first-order valence-corrected chi connectivity index (χ1v) is 8.09. The molecule has 0 spiro atoms. The molecule has 2 aliphatic rings. The zero-order valence-corrected chi connectivity index (χ0v) is 12.7. The van der Waals surface area contributed by atoms with E-state index in [4.69, 9.17) is 4.74 Å². The van der Waals surface area contributed by atoms with E-state index in [1.54, 1.807) is 0 Å². The van der Waals surface area contributed by atoms with Crippen LogP contribution in [0.4, 0.5) is 0 Å². The van der Waals surface area contributed by atoms with Crippen molar-refractivity contribution in [2.75, 3.05) is 19.8 Å². The predicted molar refractivity (Wildman–Crippen MR) is 80.0 cm³/mol. The molecule has 108 valence electrons. The van der Waals surface area contributed by atoms with Crippen LogP contribution in [0.1, 0.15) is 58.8 Å². The second kappa shape index (κ2) is 7.92. The molecule has 1 saturated carbocycles. The zero-order valence-electron chi connectivity index (χ0n) is 12.7. The molecule has 1 heterocycles. The van der Waals surface area contributed by atoms with Crippen molar-refractivity contribution in [3.8, 4) is 11.8 Å². The van der Waals surface area contributed by atoms with Gasteiger partial charge in [0.15, 0.2) is 0 Å². The third kappa shape index (κ3) is 4.82. The number of rotatable bonds is 4. The Morgan fingerprint density at radius 1 is 1.11 bits per heavy atom. The van der Waals surface area contributed by atoms with E-state index in [1.165, 1.54) is 51.5 Å². The fourth-order valence-corrected chi connectivity index (χ4v) is 3.40. The molecule has 2 heteroatoms. The van der Waals surface area contributed by atoms with Crippen molar-refractivity contribution in [3.63, 3.8) is 0 Å². The fourth-order valence-electron chi connectivity index (χ4n) is 3.40. The average Bonchev–Trinajstić information content (AvgIpc) is 2.88. The minimum absolute atomic E-state index is 0.622. The normalized spacial score (nSPS) is 25.5. The van der Waals surface area contributed by atoms with Crippen LogP contribution < -0.4 is 0 Å². The van der Waals surface area contributed by atoms with Gasteiger partial charge in [0.2, 0.25) is 0 Å². The lowest BCUT2D eigenvalue weighted by molar-refractivity contribution is 0.0829. The third-order valence-electron chi connectivity index (χ3n) is 4.48. The van der Waals surface area contributed by atoms with Crippen molar-refractivity contribution < 1.29 is 4.74 Å². The minimum Gasteiger partial charge on any atom is -0.367 e. The Hall–Kier alpha value is -0.520. The Balaban J connectivity index is 1.62. The molecule has 1 aliphatic heterocycles. The van der Waals surface area contributed by atoms with Crippen molar-refractivity contribution >= 4 is 0 Å². The molecule has 1 aliphatic carbocycles. The molecule has 0 bridgehead atoms. The summed E-state index contributed by atoms with van der Waals surface area (Å²) >= 11 is 0. The fraction of sp³-hybridized carbons (Fsp3) is 0.882. The molecule has 0 unspecified atom stereocenters. The Morgan fingerprint density at radius 2 is 1.89 bits per heavy atom. The smallest absolute Gasteiger partial charge is 0.107 e. The van der Waals surface area contributed by atoms with Gasteiger partial charge >= 0.3 is 0 Å². The number of likely N-dealkylation sites (tertiary alicyclic amines) is 1. The number of nitrogens with zero attached hydrogens (tertiary/aromatic N) is 1. The summed E-state index contributed by atoms with van der Waals surface area (Å²) < 4.78 is 5.77. The van der Waals surface area contributed by atoms with Gasteiger partial charge in [-0.1, -0.05) is 31.1 Å². The van der Waals surface area contributed by atoms with Crippen LogP contribution in [0, 0.1) is 17.8 Å². The predicted octanol–water partition coefficient (Wildman–Crippen LogP) is 3.46. The first-order chi connectivity index (χ1) is 9.27. The van der Waals surface area contributed by atoms with Crippen LogP contribution in [0.3, 0.4) is 0 Å². The van der Waals surface area contributed by atoms with Gasteiger partial charge in [0.25, 0.3) is 0 Å². The molecular formula is C17H29NO. The lowest BCUT2D eigenvalue weighted by Crippen LogP contribution is -2.38. The molecule has 0 aromatic heterocycles. The lowest BCUT2D eigenvalue weighted by Gasteiger charge is -2.27. The molecule has 0 amide bonds. The van der Waals surface area contributed by atoms with E-state index in [2.05, 4.69) is 30.6 Å². The lowest BCUT2D eigenvalue weighted by atomic mass is 9.90. The molecule has 0 radical (unpaired) electrons. The first kappa shape index (κ1) is 14.9. The van der Waals surface area contributed by atoms with E-state index >= 15 is 0 Å². The molecule has 1 atom stereocenters. The molecule has 2 nitrogen and oxygen atoms in total. The van der Waals surface area contributed by atoms with Crippen molar-refractivity contribution in [2.24, 2.45) is 5.92 Å². The van der Waals surface area contributed by atoms with Crippen LogP contribution in [0.15, 0.2) is 0 Å². The highest BCUT2D eigenvalue weighted by molar-refractivity contribution is 5.04. The van der Waals surface area contributed by atoms with Crippen molar-refractivity contribution in [1.82, 2.24) is 4.90 Å². The van der Waals surface area contributed by atoms with Gasteiger partial charge in [-0.05, 0) is 46.1 Å². The van der Waals surface area contributed by atoms with Gasteiger partial charge in [-0.2, -0.15) is 0 Å². The summed E-state index contributed by atoms with van der Waals surface area (Å²) in [4.78, 5) is 2.56. The SMILES string of the molecule is CC(C)N1CCC[C@H]1COCC#CC1CCCCC1. The molecule has 2 fully saturated rings. The highest BCUT2D eigenvalue weighted by atomic mass is 16.5. The highest BCUT2D eigenvalue weighted by Crippen LogP contribution is 2.22. The van der Waals surface area contributed by atoms with E-state index in [1.807, 2.05) is 0 Å². The highest BCUT2D eigenvalue weighted by Gasteiger charge is 2.26. The summed E-state index contributed by atoms with van der Waals surface area (Å²) in [5.41, 5.74) is 0. The molecular weight excluding hydrogens is 234 g/mol. The first-order valence-electron chi connectivity index (χ1n) is 8.09. The summed E-state index contributed by atoms with van der Waals surface area (Å²) in [6, 6.07) is 1.26. The summed E-state index contributed by atoms with van der Waals surface area (Å²) in [6.45, 7) is 7.28. The van der Waals surface area contributed by atoms with Gasteiger partial charge in [0.1, 0.15) is 6.61 Å². The van der Waals surface area contributed by atoms with Crippen molar-refractivity contribution in [1.29, 1.82) is 0 Å². The second-order valence-corrected chi connectivity index (χ2v) is 6.30. The molecule has 1 saturated heterocycles. The summed E-state index contributed by atoms with van der Waals surface area (Å²) in [7, 11) is 0. The van der Waals surface area contributed by atoms with E-state index in [0.29, 0.717) is 24.6 Å². The summed E-state index contributed by atoms with van der Waals surface area (Å²) in [5, 5.41) is 0. The van der Waals surface area contributed by atoms with E-state index in [9.17, 15) is 0 Å². The van der Waals surface area contributed by atoms with Gasteiger partial charge in [-0.15, -0.1) is 0 Å². The molecule has 2 rings (SSSR count). The standard InChI is InChI=1S/C17H29NO/c1-15(2)18-12-6-11-17(18)14-19-13-7-10-16-8-4-3-5-9-16/h15-17H,3-6,8-9,11-14H2,1-2H3/t17-/m0/s1. The summed E-state index contributed by atoms with van der Waals surface area (Å²) in [6.07, 6.45) is 9.35. The average molecular weight is 263 g/mol. The van der Waals surface area contributed by atoms with Crippen LogP contribution >= 0.6 is 0 Å². The largest absolute Gasteiger partial charge is 0.367 e. The van der Waals surface area contributed by atoms with Gasteiger partial charge in [0, 0.05) is 18.0 Å². The van der Waals surface area contributed by atoms with Crippen LogP contribution in [-0.4, -0.2) is 36.7 Å². The Morgan fingerprint density at radius 3 is 2.63 bits per heavy atom. The maximum absolute atomic E-state index is 5.77. The van der Waals surface area contributed by atoms with Crippen LogP contribution in [0.25, 0.3) is 0 Å². The Kier molecular flexibility index (Phi) is 6.20. The monoisotopic (exact) mass is 263 g/mol. The second-order valence-electron chi connectivity index (χ2n) is 6.30. The quantitative estimate of drug-likeness (QED) is 0.569. The van der Waals surface area contributed by atoms with Gasteiger partial charge in [0.05, 0.1) is 6.61 Å². The maximum Gasteiger partial charge on any atom is 0.107 e. The van der Waals surface area contributed by atoms with Gasteiger partial charge < -0.3 is 4.74 Å². The van der Waals surface area contributed by atoms with E-state index in [-0.39, 0.29) is 0 Å². The van der Waals surface area contributed by atoms with Crippen LogP contribution in [0.5, 0.6) is 0 Å². The summed E-state index contributed by atoms with van der Waals surface area (Å²) in [5.74, 6) is 7.27. The van der Waals surface area contributed by atoms with Crippen molar-refractivity contribution in [3.05, 3.63) is 0 Å². The molecule has 0 aromatic rings. The van der Waals surface area contributed by atoms with Crippen LogP contribution in [-0.2, 0) is 4.74 Å². The number of hydrogen-bond donors (Lipinski definition) is 0. The van der Waals surface area contributed by atoms with Crippen LogP contribution in [0.2, 0.25) is 0 Å². The molecule has 0 N–H and O–H groups in total. The van der Waals surface area contributed by atoms with Gasteiger partial charge in [-0.25, -0.2) is 0 Å². The molecule has 19 heavy (non-hydrogen) atoms. The Labute approximate surface area is 118 Å². The van der Waals surface area contributed by atoms with Gasteiger partial charge in [-0.3, -0.25) is 4.90 Å². The Bertz CT molecular complexity index is 309. The minimum atomic E-state index is 0.622.